The number of hydrogen-bond donors (Lipinski definition) is 3. The normalized spacial score (nSPS) is 11.4. The average Bonchev–Trinajstić information content (AvgIpc) is 2.61. The van der Waals surface area contributed by atoms with Crippen molar-refractivity contribution in [2.75, 3.05) is 5.43 Å². The lowest BCUT2D eigenvalue weighted by Gasteiger charge is -2.13. The Balaban J connectivity index is 1.98. The van der Waals surface area contributed by atoms with Gasteiger partial charge in [0.25, 0.3) is 10.0 Å². The summed E-state index contributed by atoms with van der Waals surface area (Å²) in [5.74, 6) is 0. The minimum absolute atomic E-state index is 0.0156. The molecule has 0 unspecified atom stereocenters. The van der Waals surface area contributed by atoms with Crippen molar-refractivity contribution >= 4 is 50.3 Å². The molecule has 0 radical (unpaired) electrons. The Morgan fingerprint density at radius 3 is 2.32 bits per heavy atom. The molecule has 0 aliphatic carbocycles. The molecular weight excluding hydrogens is 431 g/mol. The van der Waals surface area contributed by atoms with Crippen LogP contribution in [-0.4, -0.2) is 24.1 Å². The van der Waals surface area contributed by atoms with Gasteiger partial charge >= 0.3 is 17.1 Å². The van der Waals surface area contributed by atoms with Crippen LogP contribution in [0.5, 0.6) is 0 Å². The van der Waals surface area contributed by atoms with E-state index in [-0.39, 0.29) is 26.0 Å². The summed E-state index contributed by atoms with van der Waals surface area (Å²) in [4.78, 5) is 38.3. The van der Waals surface area contributed by atoms with Gasteiger partial charge in [-0.15, -0.1) is 0 Å². The van der Waals surface area contributed by atoms with Crippen molar-refractivity contribution in [2.24, 2.45) is 0 Å². The molecule has 0 aliphatic rings. The number of urea groups is 1. The maximum Gasteiger partial charge on any atom is 0.347 e. The van der Waals surface area contributed by atoms with Crippen LogP contribution in [0.15, 0.2) is 50.9 Å². The number of amides is 2. The molecule has 28 heavy (non-hydrogen) atoms. The Labute approximate surface area is 167 Å². The van der Waals surface area contributed by atoms with E-state index < -0.39 is 27.2 Å². The first kappa shape index (κ1) is 19.9. The number of fused-ring (bicyclic) bond motifs is 1. The summed E-state index contributed by atoms with van der Waals surface area (Å²) in [6, 6.07) is 7.05. The number of hydrogen-bond acceptors (Lipinski definition) is 5. The van der Waals surface area contributed by atoms with E-state index in [2.05, 4.69) is 4.98 Å². The zero-order valence-corrected chi connectivity index (χ0v) is 16.4. The molecule has 0 fully saturated rings. The van der Waals surface area contributed by atoms with Gasteiger partial charge < -0.3 is 4.98 Å². The van der Waals surface area contributed by atoms with Gasteiger partial charge in [-0.2, -0.15) is 0 Å². The van der Waals surface area contributed by atoms with Gasteiger partial charge in [0.05, 0.1) is 26.0 Å². The Morgan fingerprint density at radius 1 is 1.07 bits per heavy atom. The molecule has 0 bridgehead atoms. The molecule has 2 amide bonds. The first-order chi connectivity index (χ1) is 13.1. The summed E-state index contributed by atoms with van der Waals surface area (Å²) in [6.07, 6.45) is 0. The molecule has 3 rings (SSSR count). The molecule has 0 saturated heterocycles. The Bertz CT molecular complexity index is 1310. The number of halogens is 2. The first-order valence-corrected chi connectivity index (χ1v) is 9.87. The quantitative estimate of drug-likeness (QED) is 0.533. The number of rotatable bonds is 3. The number of H-pyrrole nitrogens is 1. The number of nitrogens with zero attached hydrogens (tertiary/aromatic N) is 1. The zero-order chi connectivity index (χ0) is 20.6. The van der Waals surface area contributed by atoms with Crippen molar-refractivity contribution in [3.63, 3.8) is 0 Å². The minimum Gasteiger partial charge on any atom is -0.316 e. The summed E-state index contributed by atoms with van der Waals surface area (Å²) in [5, 5.41) is 0.172. The highest BCUT2D eigenvalue weighted by molar-refractivity contribution is 7.90. The number of sulfonamides is 1. The molecule has 146 valence electrons. The smallest absolute Gasteiger partial charge is 0.316 e. The van der Waals surface area contributed by atoms with Crippen LogP contribution in [0.4, 0.5) is 4.79 Å². The number of aryl methyl sites for hydroxylation is 1. The highest BCUT2D eigenvalue weighted by Gasteiger charge is 2.19. The molecule has 1 heterocycles. The molecule has 3 aromatic rings. The summed E-state index contributed by atoms with van der Waals surface area (Å²) >= 11 is 11.8. The Hall–Kier alpha value is -2.82. The Kier molecular flexibility index (Phi) is 5.20. The second kappa shape index (κ2) is 7.30. The second-order valence-electron chi connectivity index (χ2n) is 5.74. The van der Waals surface area contributed by atoms with Crippen molar-refractivity contribution in [2.45, 2.75) is 11.8 Å². The fourth-order valence-corrected chi connectivity index (χ4v) is 3.57. The zero-order valence-electron chi connectivity index (χ0n) is 14.1. The standard InChI is InChI=1S/C16H12Cl2N4O5S/c1-8-2-4-9(5-3-8)28(26,27)21-16(25)20-22-13-7-11(18)10(17)6-12(13)19-14(23)15(22)24/h2-7H,1H3,(H,19,23)(H2,20,21,25). The monoisotopic (exact) mass is 442 g/mol. The van der Waals surface area contributed by atoms with Gasteiger partial charge in [-0.1, -0.05) is 40.9 Å². The van der Waals surface area contributed by atoms with Gasteiger partial charge in [-0.25, -0.2) is 28.0 Å². The minimum atomic E-state index is -4.20. The van der Waals surface area contributed by atoms with Crippen LogP contribution in [0.3, 0.4) is 0 Å². The fraction of sp³-hybridized carbons (Fsp3) is 0.0625. The number of carbonyl (C=O) groups excluding carboxylic acids is 1. The van der Waals surface area contributed by atoms with Crippen LogP contribution in [0.25, 0.3) is 11.0 Å². The van der Waals surface area contributed by atoms with E-state index >= 15 is 0 Å². The van der Waals surface area contributed by atoms with E-state index in [0.29, 0.717) is 4.68 Å². The molecule has 0 spiro atoms. The van der Waals surface area contributed by atoms with Crippen molar-refractivity contribution in [3.8, 4) is 0 Å². The third-order valence-electron chi connectivity index (χ3n) is 3.70. The molecule has 3 N–H and O–H groups in total. The molecule has 12 heteroatoms. The van der Waals surface area contributed by atoms with E-state index in [0.717, 1.165) is 5.56 Å². The second-order valence-corrected chi connectivity index (χ2v) is 8.23. The van der Waals surface area contributed by atoms with Crippen LogP contribution >= 0.6 is 23.2 Å². The highest BCUT2D eigenvalue weighted by atomic mass is 35.5. The van der Waals surface area contributed by atoms with E-state index in [9.17, 15) is 22.8 Å². The van der Waals surface area contributed by atoms with Gasteiger partial charge in [0.15, 0.2) is 0 Å². The van der Waals surface area contributed by atoms with Crippen LogP contribution < -0.4 is 21.3 Å². The number of nitrogens with one attached hydrogen (secondary N) is 3. The van der Waals surface area contributed by atoms with Crippen molar-refractivity contribution in [1.82, 2.24) is 14.4 Å². The van der Waals surface area contributed by atoms with Gasteiger partial charge in [-0.3, -0.25) is 9.59 Å². The van der Waals surface area contributed by atoms with Crippen LogP contribution in [0.1, 0.15) is 5.56 Å². The van der Waals surface area contributed by atoms with E-state index in [1.807, 2.05) is 5.43 Å². The summed E-state index contributed by atoms with van der Waals surface area (Å²) in [6.45, 7) is 1.78. The molecule has 9 nitrogen and oxygen atoms in total. The lowest BCUT2D eigenvalue weighted by Crippen LogP contribution is -2.46. The SMILES string of the molecule is Cc1ccc(S(=O)(=O)NC(=O)Nn2c(=O)c(=O)[nH]c3cc(Cl)c(Cl)cc32)cc1. The van der Waals surface area contributed by atoms with Gasteiger partial charge in [0, 0.05) is 0 Å². The van der Waals surface area contributed by atoms with Crippen molar-refractivity contribution in [1.29, 1.82) is 0 Å². The predicted octanol–water partition coefficient (Wildman–Crippen LogP) is 1.95. The van der Waals surface area contributed by atoms with Crippen molar-refractivity contribution < 1.29 is 13.2 Å². The molecule has 2 aromatic carbocycles. The van der Waals surface area contributed by atoms with E-state index in [4.69, 9.17) is 23.2 Å². The van der Waals surface area contributed by atoms with Crippen molar-refractivity contribution in [3.05, 3.63) is 72.7 Å². The topological polar surface area (TPSA) is 130 Å². The summed E-state index contributed by atoms with van der Waals surface area (Å²) < 4.78 is 26.9. The molecule has 0 aliphatic heterocycles. The van der Waals surface area contributed by atoms with Gasteiger partial charge in [-0.05, 0) is 31.2 Å². The van der Waals surface area contributed by atoms with Crippen LogP contribution in [0, 0.1) is 6.92 Å². The van der Waals surface area contributed by atoms with Gasteiger partial charge in [0.2, 0.25) is 0 Å². The summed E-state index contributed by atoms with van der Waals surface area (Å²) in [7, 11) is -4.20. The maximum atomic E-state index is 12.3. The van der Waals surface area contributed by atoms with E-state index in [1.165, 1.54) is 24.3 Å². The third-order valence-corrected chi connectivity index (χ3v) is 5.77. The lowest BCUT2D eigenvalue weighted by atomic mass is 10.2. The Morgan fingerprint density at radius 2 is 1.68 bits per heavy atom. The number of carbonyl (C=O) groups is 1. The summed E-state index contributed by atoms with van der Waals surface area (Å²) in [5.41, 5.74) is 0.799. The molecule has 0 atom stereocenters. The molecule has 0 saturated carbocycles. The van der Waals surface area contributed by atoms with E-state index in [1.54, 1.807) is 23.8 Å². The van der Waals surface area contributed by atoms with Crippen LogP contribution in [0.2, 0.25) is 10.0 Å². The molecular formula is C16H12Cl2N4O5S. The third kappa shape index (κ3) is 3.88. The average molecular weight is 443 g/mol. The lowest BCUT2D eigenvalue weighted by molar-refractivity contribution is 0.254. The maximum absolute atomic E-state index is 12.3. The number of benzene rings is 2. The molecule has 1 aromatic heterocycles. The first-order valence-electron chi connectivity index (χ1n) is 7.63. The highest BCUT2D eigenvalue weighted by Crippen LogP contribution is 2.25. The largest absolute Gasteiger partial charge is 0.347 e. The fourth-order valence-electron chi connectivity index (χ4n) is 2.34. The number of aromatic nitrogens is 2. The number of aromatic amines is 1. The predicted molar refractivity (Wildman–Crippen MR) is 105 cm³/mol. The van der Waals surface area contributed by atoms with Gasteiger partial charge in [0.1, 0.15) is 0 Å². The van der Waals surface area contributed by atoms with Crippen LogP contribution in [-0.2, 0) is 10.0 Å².